The van der Waals surface area contributed by atoms with E-state index in [1.54, 1.807) is 0 Å². The van der Waals surface area contributed by atoms with Gasteiger partial charge >= 0.3 is 0 Å². The van der Waals surface area contributed by atoms with Gasteiger partial charge in [-0.1, -0.05) is 31.5 Å². The second-order valence-corrected chi connectivity index (χ2v) is 4.20. The van der Waals surface area contributed by atoms with E-state index in [1.807, 2.05) is 18.3 Å². The fraction of sp³-hybridized carbons (Fsp3) is 0.583. The minimum absolute atomic E-state index is 0.560. The molecule has 0 aliphatic rings. The van der Waals surface area contributed by atoms with Gasteiger partial charge in [0.2, 0.25) is 0 Å². The molecule has 1 unspecified atom stereocenters. The zero-order valence-corrected chi connectivity index (χ0v) is 10.5. The molecule has 84 valence electrons. The number of hydrogen-bond donors (Lipinski definition) is 0. The van der Waals surface area contributed by atoms with E-state index in [2.05, 4.69) is 30.7 Å². The van der Waals surface area contributed by atoms with Crippen LogP contribution in [0, 0.1) is 0 Å². The lowest BCUT2D eigenvalue weighted by Gasteiger charge is -2.26. The molecule has 1 heterocycles. The molecule has 1 aromatic rings. The molecule has 3 heteroatoms. The molecule has 0 aliphatic carbocycles. The molecular weight excluding hydrogens is 208 g/mol. The molecule has 1 atom stereocenters. The van der Waals surface area contributed by atoms with E-state index in [9.17, 15) is 0 Å². The Kier molecular flexibility index (Phi) is 5.06. The highest BCUT2D eigenvalue weighted by atomic mass is 35.5. The first-order valence-corrected chi connectivity index (χ1v) is 5.89. The number of pyridine rings is 1. The second-order valence-electron chi connectivity index (χ2n) is 3.81. The molecular formula is C12H19ClN2. The van der Waals surface area contributed by atoms with Crippen LogP contribution in [-0.4, -0.2) is 22.5 Å². The average Bonchev–Trinajstić information content (AvgIpc) is 2.27. The highest BCUT2D eigenvalue weighted by Crippen LogP contribution is 2.11. The summed E-state index contributed by atoms with van der Waals surface area (Å²) in [6.07, 6.45) is 3.03. The van der Waals surface area contributed by atoms with Crippen LogP contribution < -0.4 is 0 Å². The van der Waals surface area contributed by atoms with Crippen LogP contribution in [-0.2, 0) is 6.54 Å². The monoisotopic (exact) mass is 226 g/mol. The zero-order chi connectivity index (χ0) is 11.3. The SMILES string of the molecule is CCC(C)N(CC)Cc1ccc(Cl)nc1. The molecule has 2 nitrogen and oxygen atoms in total. The van der Waals surface area contributed by atoms with E-state index < -0.39 is 0 Å². The molecule has 0 spiro atoms. The minimum atomic E-state index is 0.560. The van der Waals surface area contributed by atoms with Crippen molar-refractivity contribution in [3.63, 3.8) is 0 Å². The molecule has 0 radical (unpaired) electrons. The Balaban J connectivity index is 2.62. The molecule has 0 fully saturated rings. The van der Waals surface area contributed by atoms with Gasteiger partial charge in [-0.15, -0.1) is 0 Å². The molecule has 0 bridgehead atoms. The van der Waals surface area contributed by atoms with Gasteiger partial charge in [-0.3, -0.25) is 4.90 Å². The van der Waals surface area contributed by atoms with Crippen LogP contribution in [0.5, 0.6) is 0 Å². The van der Waals surface area contributed by atoms with E-state index in [0.29, 0.717) is 11.2 Å². The van der Waals surface area contributed by atoms with Crippen molar-refractivity contribution in [2.24, 2.45) is 0 Å². The fourth-order valence-electron chi connectivity index (χ4n) is 1.57. The maximum Gasteiger partial charge on any atom is 0.129 e. The van der Waals surface area contributed by atoms with E-state index in [4.69, 9.17) is 11.6 Å². The third-order valence-electron chi connectivity index (χ3n) is 2.79. The quantitative estimate of drug-likeness (QED) is 0.716. The summed E-state index contributed by atoms with van der Waals surface area (Å²) < 4.78 is 0. The number of hydrogen-bond acceptors (Lipinski definition) is 2. The van der Waals surface area contributed by atoms with Gasteiger partial charge in [0.25, 0.3) is 0 Å². The lowest BCUT2D eigenvalue weighted by atomic mass is 10.2. The van der Waals surface area contributed by atoms with Crippen LogP contribution in [0.4, 0.5) is 0 Å². The summed E-state index contributed by atoms with van der Waals surface area (Å²) >= 11 is 5.75. The lowest BCUT2D eigenvalue weighted by molar-refractivity contribution is 0.206. The van der Waals surface area contributed by atoms with Crippen LogP contribution in [0.1, 0.15) is 32.8 Å². The maximum absolute atomic E-state index is 5.75. The molecule has 0 aromatic carbocycles. The van der Waals surface area contributed by atoms with Crippen LogP contribution in [0.2, 0.25) is 5.15 Å². The van der Waals surface area contributed by atoms with E-state index in [-0.39, 0.29) is 0 Å². The standard InChI is InChI=1S/C12H19ClN2/c1-4-10(3)15(5-2)9-11-6-7-12(13)14-8-11/h6-8,10H,4-5,9H2,1-3H3. The Morgan fingerprint density at radius 3 is 2.60 bits per heavy atom. The van der Waals surface area contributed by atoms with E-state index >= 15 is 0 Å². The molecule has 1 aromatic heterocycles. The molecule has 15 heavy (non-hydrogen) atoms. The largest absolute Gasteiger partial charge is 0.297 e. The Bertz CT molecular complexity index is 284. The highest BCUT2D eigenvalue weighted by Gasteiger charge is 2.10. The molecule has 0 saturated carbocycles. The summed E-state index contributed by atoms with van der Waals surface area (Å²) in [6, 6.07) is 4.51. The molecule has 0 saturated heterocycles. The Morgan fingerprint density at radius 1 is 1.40 bits per heavy atom. The molecule has 0 amide bonds. The van der Waals surface area contributed by atoms with Crippen molar-refractivity contribution in [1.29, 1.82) is 0 Å². The lowest BCUT2D eigenvalue weighted by Crippen LogP contribution is -2.31. The maximum atomic E-state index is 5.75. The predicted molar refractivity (Wildman–Crippen MR) is 65.1 cm³/mol. The molecule has 1 rings (SSSR count). The van der Waals surface area contributed by atoms with Crippen molar-refractivity contribution in [2.45, 2.75) is 39.8 Å². The number of halogens is 1. The van der Waals surface area contributed by atoms with Gasteiger partial charge in [0.15, 0.2) is 0 Å². The van der Waals surface area contributed by atoms with Crippen molar-refractivity contribution in [2.75, 3.05) is 6.54 Å². The molecule has 0 N–H and O–H groups in total. The van der Waals surface area contributed by atoms with Gasteiger partial charge in [0.1, 0.15) is 5.15 Å². The summed E-state index contributed by atoms with van der Waals surface area (Å²) in [7, 11) is 0. The summed E-state index contributed by atoms with van der Waals surface area (Å²) in [5.74, 6) is 0. The summed E-state index contributed by atoms with van der Waals surface area (Å²) in [4.78, 5) is 6.53. The number of rotatable bonds is 5. The van der Waals surface area contributed by atoms with Crippen LogP contribution in [0.15, 0.2) is 18.3 Å². The second kappa shape index (κ2) is 6.09. The number of nitrogens with zero attached hydrogens (tertiary/aromatic N) is 2. The summed E-state index contributed by atoms with van der Waals surface area (Å²) in [6.45, 7) is 8.68. The number of aromatic nitrogens is 1. The van der Waals surface area contributed by atoms with Gasteiger partial charge in [-0.25, -0.2) is 4.98 Å². The van der Waals surface area contributed by atoms with Crippen molar-refractivity contribution in [3.8, 4) is 0 Å². The van der Waals surface area contributed by atoms with E-state index in [0.717, 1.165) is 13.1 Å². The van der Waals surface area contributed by atoms with Gasteiger partial charge in [-0.05, 0) is 31.5 Å². The van der Waals surface area contributed by atoms with Crippen molar-refractivity contribution >= 4 is 11.6 Å². The zero-order valence-electron chi connectivity index (χ0n) is 9.70. The molecule has 0 aliphatic heterocycles. The van der Waals surface area contributed by atoms with Crippen LogP contribution in [0.3, 0.4) is 0 Å². The third-order valence-corrected chi connectivity index (χ3v) is 3.02. The first-order chi connectivity index (χ1) is 7.17. The fourth-order valence-corrected chi connectivity index (χ4v) is 1.68. The van der Waals surface area contributed by atoms with Crippen molar-refractivity contribution in [1.82, 2.24) is 9.88 Å². The normalized spacial score (nSPS) is 13.1. The van der Waals surface area contributed by atoms with Gasteiger partial charge in [-0.2, -0.15) is 0 Å². The topological polar surface area (TPSA) is 16.1 Å². The predicted octanol–water partition coefficient (Wildman–Crippen LogP) is 3.36. The average molecular weight is 227 g/mol. The van der Waals surface area contributed by atoms with Gasteiger partial charge < -0.3 is 0 Å². The van der Waals surface area contributed by atoms with Crippen LogP contribution >= 0.6 is 11.6 Å². The first kappa shape index (κ1) is 12.5. The van der Waals surface area contributed by atoms with E-state index in [1.165, 1.54) is 12.0 Å². The third kappa shape index (κ3) is 3.80. The van der Waals surface area contributed by atoms with Gasteiger partial charge in [0, 0.05) is 18.8 Å². The Labute approximate surface area is 97.3 Å². The summed E-state index contributed by atoms with van der Waals surface area (Å²) in [5.41, 5.74) is 1.22. The van der Waals surface area contributed by atoms with Crippen LogP contribution in [0.25, 0.3) is 0 Å². The van der Waals surface area contributed by atoms with Crippen molar-refractivity contribution in [3.05, 3.63) is 29.0 Å². The Hall–Kier alpha value is -0.600. The highest BCUT2D eigenvalue weighted by molar-refractivity contribution is 6.29. The first-order valence-electron chi connectivity index (χ1n) is 5.51. The van der Waals surface area contributed by atoms with Gasteiger partial charge in [0.05, 0.1) is 0 Å². The van der Waals surface area contributed by atoms with Crippen molar-refractivity contribution < 1.29 is 0 Å². The Morgan fingerprint density at radius 2 is 2.13 bits per heavy atom. The summed E-state index contributed by atoms with van der Waals surface area (Å²) in [5, 5.41) is 0.560. The smallest absolute Gasteiger partial charge is 0.129 e. The minimum Gasteiger partial charge on any atom is -0.297 e.